The Hall–Kier alpha value is -0.280. The molecule has 2 saturated carbocycles. The lowest BCUT2D eigenvalue weighted by Gasteiger charge is -2.17. The molecule has 3 atom stereocenters. The minimum atomic E-state index is 0. The summed E-state index contributed by atoms with van der Waals surface area (Å²) in [5, 5.41) is 3.13. The summed E-state index contributed by atoms with van der Waals surface area (Å²) < 4.78 is 0. The molecule has 2 aliphatic rings. The molecule has 0 aliphatic heterocycles. The molecule has 0 heterocycles. The summed E-state index contributed by atoms with van der Waals surface area (Å²) in [6.45, 7) is 2.74. The molecule has 2 rings (SSSR count). The van der Waals surface area contributed by atoms with Crippen molar-refractivity contribution in [2.75, 3.05) is 6.54 Å². The van der Waals surface area contributed by atoms with E-state index in [1.165, 1.54) is 25.7 Å². The van der Waals surface area contributed by atoms with Crippen molar-refractivity contribution in [3.63, 3.8) is 0 Å². The molecule has 2 aliphatic carbocycles. The molecular formula is C13H25ClN2O. The first-order valence-corrected chi connectivity index (χ1v) is 6.78. The Bertz CT molecular complexity index is 250. The minimum absolute atomic E-state index is 0. The van der Waals surface area contributed by atoms with Crippen LogP contribution in [0.4, 0.5) is 0 Å². The summed E-state index contributed by atoms with van der Waals surface area (Å²) in [6, 6.07) is 0.203. The van der Waals surface area contributed by atoms with Gasteiger partial charge in [0.15, 0.2) is 0 Å². The monoisotopic (exact) mass is 260 g/mol. The molecule has 3 unspecified atom stereocenters. The van der Waals surface area contributed by atoms with Crippen LogP contribution in [0.1, 0.15) is 45.4 Å². The van der Waals surface area contributed by atoms with Crippen LogP contribution in [0.25, 0.3) is 0 Å². The Morgan fingerprint density at radius 1 is 1.41 bits per heavy atom. The predicted octanol–water partition coefficient (Wildman–Crippen LogP) is 2.09. The Morgan fingerprint density at radius 3 is 2.59 bits per heavy atom. The molecule has 2 fully saturated rings. The lowest BCUT2D eigenvalue weighted by atomic mass is 10.1. The van der Waals surface area contributed by atoms with Crippen molar-refractivity contribution in [3.05, 3.63) is 0 Å². The topological polar surface area (TPSA) is 55.1 Å². The van der Waals surface area contributed by atoms with Crippen molar-refractivity contribution >= 4 is 18.3 Å². The van der Waals surface area contributed by atoms with E-state index in [4.69, 9.17) is 5.73 Å². The number of nitrogens with one attached hydrogen (secondary N) is 1. The molecule has 4 heteroatoms. The maximum atomic E-state index is 12.0. The second-order valence-corrected chi connectivity index (χ2v) is 5.37. The summed E-state index contributed by atoms with van der Waals surface area (Å²) in [4.78, 5) is 12.0. The van der Waals surface area contributed by atoms with E-state index in [9.17, 15) is 4.79 Å². The normalized spacial score (nSPS) is 31.3. The van der Waals surface area contributed by atoms with Crippen LogP contribution in [0.15, 0.2) is 0 Å². The highest BCUT2D eigenvalue weighted by Crippen LogP contribution is 2.57. The summed E-state index contributed by atoms with van der Waals surface area (Å²) in [5.74, 6) is 2.04. The van der Waals surface area contributed by atoms with Crippen molar-refractivity contribution in [1.29, 1.82) is 0 Å². The number of carbonyl (C=O) groups is 1. The number of nitrogens with two attached hydrogens (primary N) is 1. The van der Waals surface area contributed by atoms with Gasteiger partial charge in [-0.15, -0.1) is 12.4 Å². The van der Waals surface area contributed by atoms with Crippen molar-refractivity contribution in [3.8, 4) is 0 Å². The van der Waals surface area contributed by atoms with E-state index in [0.717, 1.165) is 12.8 Å². The lowest BCUT2D eigenvalue weighted by Crippen LogP contribution is -2.41. The number of rotatable bonds is 6. The molecular weight excluding hydrogens is 236 g/mol. The summed E-state index contributed by atoms with van der Waals surface area (Å²) >= 11 is 0. The zero-order valence-electron chi connectivity index (χ0n) is 10.7. The number of fused-ring (bicyclic) bond motifs is 1. The van der Waals surface area contributed by atoms with Crippen LogP contribution in [0.2, 0.25) is 0 Å². The molecule has 3 N–H and O–H groups in total. The zero-order valence-corrected chi connectivity index (χ0v) is 11.5. The average molecular weight is 261 g/mol. The molecule has 0 bridgehead atoms. The van der Waals surface area contributed by atoms with Gasteiger partial charge in [0.2, 0.25) is 5.91 Å². The average Bonchev–Trinajstić information content (AvgIpc) is 2.78. The highest BCUT2D eigenvalue weighted by molar-refractivity contribution is 5.85. The Balaban J connectivity index is 0.00000144. The van der Waals surface area contributed by atoms with Crippen LogP contribution in [0.3, 0.4) is 0 Å². The number of amides is 1. The van der Waals surface area contributed by atoms with Gasteiger partial charge in [-0.2, -0.15) is 0 Å². The highest BCUT2D eigenvalue weighted by atomic mass is 35.5. The molecule has 1 amide bonds. The third-order valence-corrected chi connectivity index (χ3v) is 4.25. The largest absolute Gasteiger partial charge is 0.352 e. The molecule has 100 valence electrons. The maximum Gasteiger partial charge on any atom is 0.223 e. The van der Waals surface area contributed by atoms with Crippen LogP contribution in [0, 0.1) is 17.8 Å². The van der Waals surface area contributed by atoms with Crippen LogP contribution in [-0.2, 0) is 4.79 Å². The lowest BCUT2D eigenvalue weighted by molar-refractivity contribution is -0.123. The number of carbonyl (C=O) groups excluding carboxylic acids is 1. The van der Waals surface area contributed by atoms with Crippen molar-refractivity contribution in [1.82, 2.24) is 5.32 Å². The van der Waals surface area contributed by atoms with Crippen LogP contribution >= 0.6 is 12.4 Å². The van der Waals surface area contributed by atoms with E-state index in [1.807, 2.05) is 0 Å². The van der Waals surface area contributed by atoms with Crippen LogP contribution in [0.5, 0.6) is 0 Å². The first-order chi connectivity index (χ1) is 7.77. The van der Waals surface area contributed by atoms with Crippen molar-refractivity contribution in [2.24, 2.45) is 23.5 Å². The first kappa shape index (κ1) is 14.8. The SMILES string of the molecule is CCCCC(CN)NC(=O)C1C2CCCC21.Cl. The Morgan fingerprint density at radius 2 is 2.06 bits per heavy atom. The quantitative estimate of drug-likeness (QED) is 0.768. The molecule has 0 aromatic rings. The molecule has 0 radical (unpaired) electrons. The molecule has 3 nitrogen and oxygen atoms in total. The third-order valence-electron chi connectivity index (χ3n) is 4.25. The van der Waals surface area contributed by atoms with Gasteiger partial charge in [-0.1, -0.05) is 26.2 Å². The summed E-state index contributed by atoms with van der Waals surface area (Å²) in [6.07, 6.45) is 7.22. The summed E-state index contributed by atoms with van der Waals surface area (Å²) in [5.41, 5.74) is 5.68. The smallest absolute Gasteiger partial charge is 0.223 e. The van der Waals surface area contributed by atoms with Crippen molar-refractivity contribution in [2.45, 2.75) is 51.5 Å². The van der Waals surface area contributed by atoms with Gasteiger partial charge < -0.3 is 11.1 Å². The fraction of sp³-hybridized carbons (Fsp3) is 0.923. The number of hydrogen-bond donors (Lipinski definition) is 2. The van der Waals surface area contributed by atoms with Gasteiger partial charge in [-0.05, 0) is 31.1 Å². The number of unbranched alkanes of at least 4 members (excludes halogenated alkanes) is 1. The standard InChI is InChI=1S/C13H24N2O.ClH/c1-2-3-5-9(8-14)15-13(16)12-10-6-4-7-11(10)12;/h9-12H,2-8,14H2,1H3,(H,15,16);1H. The van der Waals surface area contributed by atoms with E-state index in [0.29, 0.717) is 24.3 Å². The Kier molecular flexibility index (Phi) is 5.74. The maximum absolute atomic E-state index is 12.0. The van der Waals surface area contributed by atoms with E-state index in [-0.39, 0.29) is 24.4 Å². The van der Waals surface area contributed by atoms with Crippen LogP contribution in [-0.4, -0.2) is 18.5 Å². The van der Waals surface area contributed by atoms with Crippen LogP contribution < -0.4 is 11.1 Å². The Labute approximate surface area is 110 Å². The van der Waals surface area contributed by atoms with Crippen molar-refractivity contribution < 1.29 is 4.79 Å². The fourth-order valence-electron chi connectivity index (χ4n) is 3.21. The predicted molar refractivity (Wildman–Crippen MR) is 72.1 cm³/mol. The van der Waals surface area contributed by atoms with E-state index < -0.39 is 0 Å². The molecule has 0 aromatic heterocycles. The second-order valence-electron chi connectivity index (χ2n) is 5.37. The van der Waals surface area contributed by atoms with Gasteiger partial charge >= 0.3 is 0 Å². The highest BCUT2D eigenvalue weighted by Gasteiger charge is 2.56. The van der Waals surface area contributed by atoms with Gasteiger partial charge in [0, 0.05) is 18.5 Å². The van der Waals surface area contributed by atoms with Gasteiger partial charge in [0.25, 0.3) is 0 Å². The van der Waals surface area contributed by atoms with Gasteiger partial charge in [-0.3, -0.25) is 4.79 Å². The molecule has 0 spiro atoms. The van der Waals surface area contributed by atoms with E-state index >= 15 is 0 Å². The first-order valence-electron chi connectivity index (χ1n) is 6.78. The van der Waals surface area contributed by atoms with E-state index in [2.05, 4.69) is 12.2 Å². The number of halogens is 1. The van der Waals surface area contributed by atoms with Gasteiger partial charge in [0.1, 0.15) is 0 Å². The molecule has 17 heavy (non-hydrogen) atoms. The fourth-order valence-corrected chi connectivity index (χ4v) is 3.21. The summed E-state index contributed by atoms with van der Waals surface area (Å²) in [7, 11) is 0. The molecule has 0 saturated heterocycles. The minimum Gasteiger partial charge on any atom is -0.352 e. The van der Waals surface area contributed by atoms with Gasteiger partial charge in [0.05, 0.1) is 0 Å². The second kappa shape index (κ2) is 6.60. The third kappa shape index (κ3) is 3.35. The van der Waals surface area contributed by atoms with E-state index in [1.54, 1.807) is 0 Å². The van der Waals surface area contributed by atoms with Gasteiger partial charge in [-0.25, -0.2) is 0 Å². The number of hydrogen-bond acceptors (Lipinski definition) is 2. The zero-order chi connectivity index (χ0) is 11.5. The molecule has 0 aromatic carbocycles.